The lowest BCUT2D eigenvalue weighted by atomic mass is 9.63. The SMILES string of the molecule is C=C1CCC[C@H]2Nc3ccc(Br)cc3C12CCNSc1ccc(Cl)cc1. The van der Waals surface area contributed by atoms with Crippen molar-refractivity contribution >= 4 is 45.2 Å². The average Bonchev–Trinajstić information content (AvgIpc) is 2.95. The molecule has 2 nitrogen and oxygen atoms in total. The number of halogens is 2. The van der Waals surface area contributed by atoms with Gasteiger partial charge in [-0.05, 0) is 85.7 Å². The molecule has 0 aromatic heterocycles. The van der Waals surface area contributed by atoms with Crippen LogP contribution in [0.25, 0.3) is 0 Å². The topological polar surface area (TPSA) is 24.1 Å². The Balaban J connectivity index is 1.51. The van der Waals surface area contributed by atoms with Gasteiger partial charge >= 0.3 is 0 Å². The lowest BCUT2D eigenvalue weighted by Gasteiger charge is -2.42. The van der Waals surface area contributed by atoms with Crippen LogP contribution in [-0.2, 0) is 5.41 Å². The summed E-state index contributed by atoms with van der Waals surface area (Å²) in [5.74, 6) is 0. The van der Waals surface area contributed by atoms with Crippen LogP contribution in [0.3, 0.4) is 0 Å². The fourth-order valence-corrected chi connectivity index (χ4v) is 5.51. The lowest BCUT2D eigenvalue weighted by molar-refractivity contribution is 0.345. The standard InChI is InChI=1S/C21H22BrClN2S/c1-14-3-2-4-20-21(14,18-13-15(22)5-10-19(18)25-20)11-12-24-26-17-8-6-16(23)7-9-17/h5-10,13,20,24-25H,1-4,11-12H2/t20-,21?/m1/s1. The second-order valence-electron chi connectivity index (χ2n) is 7.05. The van der Waals surface area contributed by atoms with Crippen molar-refractivity contribution in [2.45, 2.75) is 42.0 Å². The molecule has 1 aliphatic heterocycles. The molecule has 0 radical (unpaired) electrons. The van der Waals surface area contributed by atoms with Crippen LogP contribution in [0.2, 0.25) is 5.02 Å². The van der Waals surface area contributed by atoms with Crippen molar-refractivity contribution in [3.63, 3.8) is 0 Å². The fraction of sp³-hybridized carbons (Fsp3) is 0.333. The van der Waals surface area contributed by atoms with Gasteiger partial charge in [0.05, 0.1) is 0 Å². The van der Waals surface area contributed by atoms with Crippen LogP contribution in [0.4, 0.5) is 5.69 Å². The molecular weight excluding hydrogens is 428 g/mol. The predicted molar refractivity (Wildman–Crippen MR) is 116 cm³/mol. The van der Waals surface area contributed by atoms with Crippen molar-refractivity contribution in [3.05, 3.63) is 69.7 Å². The van der Waals surface area contributed by atoms with Gasteiger partial charge in [0.15, 0.2) is 0 Å². The van der Waals surface area contributed by atoms with E-state index in [2.05, 4.69) is 50.7 Å². The molecule has 2 atom stereocenters. The molecule has 1 heterocycles. The van der Waals surface area contributed by atoms with Gasteiger partial charge < -0.3 is 5.32 Å². The van der Waals surface area contributed by atoms with Gasteiger partial charge in [-0.25, -0.2) is 0 Å². The highest BCUT2D eigenvalue weighted by atomic mass is 79.9. The maximum Gasteiger partial charge on any atom is 0.0406 e. The molecule has 4 rings (SSSR count). The highest BCUT2D eigenvalue weighted by Gasteiger charge is 2.49. The number of nitrogens with one attached hydrogen (secondary N) is 2. The molecule has 2 N–H and O–H groups in total. The third kappa shape index (κ3) is 3.33. The average molecular weight is 450 g/mol. The summed E-state index contributed by atoms with van der Waals surface area (Å²) in [5.41, 5.74) is 4.08. The molecule has 2 aromatic rings. The van der Waals surface area contributed by atoms with Crippen molar-refractivity contribution in [3.8, 4) is 0 Å². The second-order valence-corrected chi connectivity index (χ2v) is 9.37. The molecule has 0 spiro atoms. The summed E-state index contributed by atoms with van der Waals surface area (Å²) in [5, 5.41) is 4.54. The number of fused-ring (bicyclic) bond motifs is 3. The largest absolute Gasteiger partial charge is 0.381 e. The van der Waals surface area contributed by atoms with Crippen molar-refractivity contribution in [1.29, 1.82) is 0 Å². The minimum absolute atomic E-state index is 0.0327. The van der Waals surface area contributed by atoms with E-state index >= 15 is 0 Å². The summed E-state index contributed by atoms with van der Waals surface area (Å²) in [6.07, 6.45) is 4.60. The first-order chi connectivity index (χ1) is 12.6. The van der Waals surface area contributed by atoms with E-state index in [1.807, 2.05) is 24.3 Å². The Morgan fingerprint density at radius 3 is 2.88 bits per heavy atom. The molecular formula is C21H22BrClN2S. The molecule has 0 amide bonds. The Kier molecular flexibility index (Phi) is 5.38. The van der Waals surface area contributed by atoms with Gasteiger partial charge in [-0.1, -0.05) is 39.7 Å². The van der Waals surface area contributed by atoms with Crippen molar-refractivity contribution < 1.29 is 0 Å². The first kappa shape index (κ1) is 18.4. The molecule has 26 heavy (non-hydrogen) atoms. The number of hydrogen-bond donors (Lipinski definition) is 2. The molecule has 1 saturated carbocycles. The van der Waals surface area contributed by atoms with E-state index in [9.17, 15) is 0 Å². The first-order valence-electron chi connectivity index (χ1n) is 9.00. The van der Waals surface area contributed by atoms with E-state index in [1.54, 1.807) is 11.9 Å². The van der Waals surface area contributed by atoms with Crippen molar-refractivity contribution in [2.24, 2.45) is 0 Å². The summed E-state index contributed by atoms with van der Waals surface area (Å²) >= 11 is 11.3. The Bertz CT molecular complexity index is 823. The van der Waals surface area contributed by atoms with Crippen LogP contribution in [0.5, 0.6) is 0 Å². The number of benzene rings is 2. The van der Waals surface area contributed by atoms with Crippen molar-refractivity contribution in [2.75, 3.05) is 11.9 Å². The summed E-state index contributed by atoms with van der Waals surface area (Å²) in [6.45, 7) is 5.43. The number of anilines is 1. The van der Waals surface area contributed by atoms with Crippen molar-refractivity contribution in [1.82, 2.24) is 4.72 Å². The predicted octanol–water partition coefficient (Wildman–Crippen LogP) is 6.56. The maximum atomic E-state index is 5.96. The van der Waals surface area contributed by atoms with Gasteiger partial charge in [-0.2, -0.15) is 0 Å². The Labute approximate surface area is 173 Å². The Hall–Kier alpha value is -0.940. The highest BCUT2D eigenvalue weighted by Crippen LogP contribution is 2.53. The molecule has 136 valence electrons. The quantitative estimate of drug-likeness (QED) is 0.307. The Morgan fingerprint density at radius 1 is 1.27 bits per heavy atom. The minimum Gasteiger partial charge on any atom is -0.381 e. The van der Waals surface area contributed by atoms with Gasteiger partial charge in [0.2, 0.25) is 0 Å². The number of rotatable bonds is 5. The molecule has 0 saturated heterocycles. The van der Waals surface area contributed by atoms with Crippen LogP contribution in [0, 0.1) is 0 Å². The summed E-state index contributed by atoms with van der Waals surface area (Å²) in [4.78, 5) is 1.18. The van der Waals surface area contributed by atoms with E-state index in [0.717, 1.165) is 28.9 Å². The molecule has 1 unspecified atom stereocenters. The van der Waals surface area contributed by atoms with Crippen LogP contribution in [0.1, 0.15) is 31.2 Å². The molecule has 2 aromatic carbocycles. The summed E-state index contributed by atoms with van der Waals surface area (Å²) < 4.78 is 4.67. The molecule has 2 aliphatic rings. The van der Waals surface area contributed by atoms with Gasteiger partial charge in [0, 0.05) is 38.1 Å². The zero-order valence-corrected chi connectivity index (χ0v) is 17.7. The molecule has 1 fully saturated rings. The zero-order chi connectivity index (χ0) is 18.1. The Morgan fingerprint density at radius 2 is 2.08 bits per heavy atom. The first-order valence-corrected chi connectivity index (χ1v) is 11.0. The van der Waals surface area contributed by atoms with Gasteiger partial charge in [-0.3, -0.25) is 4.72 Å². The number of hydrogen-bond acceptors (Lipinski definition) is 3. The second kappa shape index (κ2) is 7.59. The monoisotopic (exact) mass is 448 g/mol. The van der Waals surface area contributed by atoms with E-state index in [4.69, 9.17) is 11.6 Å². The van der Waals surface area contributed by atoms with E-state index in [1.165, 1.54) is 34.6 Å². The fourth-order valence-electron chi connectivity index (χ4n) is 4.38. The molecule has 0 bridgehead atoms. The van der Waals surface area contributed by atoms with E-state index in [0.29, 0.717) is 6.04 Å². The smallest absolute Gasteiger partial charge is 0.0406 e. The zero-order valence-electron chi connectivity index (χ0n) is 14.5. The van der Waals surface area contributed by atoms with E-state index in [-0.39, 0.29) is 5.41 Å². The summed E-state index contributed by atoms with van der Waals surface area (Å²) in [6, 6.07) is 15.0. The lowest BCUT2D eigenvalue weighted by Crippen LogP contribution is -2.44. The maximum absolute atomic E-state index is 5.96. The normalized spacial score (nSPS) is 24.1. The van der Waals surface area contributed by atoms with Crippen LogP contribution >= 0.6 is 39.5 Å². The third-order valence-corrected chi connectivity index (χ3v) is 7.22. The van der Waals surface area contributed by atoms with E-state index < -0.39 is 0 Å². The van der Waals surface area contributed by atoms with Gasteiger partial charge in [0.25, 0.3) is 0 Å². The van der Waals surface area contributed by atoms with Gasteiger partial charge in [0.1, 0.15) is 0 Å². The third-order valence-electron chi connectivity index (χ3n) is 5.61. The van der Waals surface area contributed by atoms with Crippen LogP contribution < -0.4 is 10.0 Å². The van der Waals surface area contributed by atoms with Crippen LogP contribution in [-0.4, -0.2) is 12.6 Å². The minimum atomic E-state index is 0.0327. The molecule has 1 aliphatic carbocycles. The van der Waals surface area contributed by atoms with Gasteiger partial charge in [-0.15, -0.1) is 0 Å². The summed E-state index contributed by atoms with van der Waals surface area (Å²) in [7, 11) is 0. The molecule has 5 heteroatoms. The van der Waals surface area contributed by atoms with Crippen LogP contribution in [0.15, 0.2) is 64.0 Å². The highest BCUT2D eigenvalue weighted by molar-refractivity contribution is 9.10.